The fraction of sp³-hybridized carbons (Fsp3) is 0.231. The summed E-state index contributed by atoms with van der Waals surface area (Å²) in [7, 11) is 3.42. The minimum absolute atomic E-state index is 0.0494. The van der Waals surface area contributed by atoms with Gasteiger partial charge in [-0.25, -0.2) is 9.97 Å². The molecule has 0 aliphatic carbocycles. The summed E-state index contributed by atoms with van der Waals surface area (Å²) in [6, 6.07) is 9.29. The van der Waals surface area contributed by atoms with Crippen LogP contribution in [0, 0.1) is 5.92 Å². The lowest BCUT2D eigenvalue weighted by molar-refractivity contribution is -0.116. The summed E-state index contributed by atoms with van der Waals surface area (Å²) < 4.78 is 0. The van der Waals surface area contributed by atoms with Crippen LogP contribution in [0.1, 0.15) is 30.6 Å². The fourth-order valence-corrected chi connectivity index (χ4v) is 4.05. The second kappa shape index (κ2) is 9.21. The van der Waals surface area contributed by atoms with Crippen LogP contribution in [0.25, 0.3) is 44.7 Å². The van der Waals surface area contributed by atoms with Gasteiger partial charge < -0.3 is 15.2 Å². The molecule has 0 radical (unpaired) electrons. The molecule has 0 spiro atoms. The number of hydrogen-bond donors (Lipinski definition) is 3. The number of hydrogen-bond acceptors (Lipinski definition) is 6. The number of para-hydroxylation sites is 1. The second-order valence-corrected chi connectivity index (χ2v) is 9.29. The highest BCUT2D eigenvalue weighted by atomic mass is 16.2. The molecular formula is C26H26N8O2. The molecule has 2 amide bonds. The number of H-pyrrole nitrogens is 2. The number of carbonyl (C=O) groups excluding carboxylic acids is 2. The monoisotopic (exact) mass is 482 g/mol. The average Bonchev–Trinajstić information content (AvgIpc) is 3.46. The van der Waals surface area contributed by atoms with Crippen LogP contribution in [0.4, 0.5) is 5.69 Å². The molecule has 0 bridgehead atoms. The highest BCUT2D eigenvalue weighted by molar-refractivity contribution is 6.05. The third-order valence-electron chi connectivity index (χ3n) is 5.74. The van der Waals surface area contributed by atoms with E-state index in [1.165, 1.54) is 4.90 Å². The van der Waals surface area contributed by atoms with Gasteiger partial charge in [0.2, 0.25) is 5.91 Å². The van der Waals surface area contributed by atoms with Crippen molar-refractivity contribution in [3.63, 3.8) is 0 Å². The SMILES string of the molecule is CC(C)CC(=O)Nc1cncc(-c2cnc3[nH]nc(-c4nc5c(C(=O)N(C)C)cccc5[nH]4)c3c2)c1. The van der Waals surface area contributed by atoms with E-state index in [-0.39, 0.29) is 17.7 Å². The predicted molar refractivity (Wildman–Crippen MR) is 138 cm³/mol. The molecule has 5 aromatic rings. The van der Waals surface area contributed by atoms with Gasteiger partial charge in [-0.05, 0) is 30.2 Å². The van der Waals surface area contributed by atoms with E-state index < -0.39 is 0 Å². The molecule has 4 aromatic heterocycles. The van der Waals surface area contributed by atoms with Gasteiger partial charge in [-0.15, -0.1) is 0 Å². The molecule has 0 saturated heterocycles. The Kier molecular flexibility index (Phi) is 5.93. The Labute approximate surface area is 207 Å². The maximum atomic E-state index is 12.6. The van der Waals surface area contributed by atoms with E-state index in [2.05, 4.69) is 30.5 Å². The molecule has 10 heteroatoms. The molecule has 0 saturated carbocycles. The Morgan fingerprint density at radius 3 is 2.67 bits per heavy atom. The van der Waals surface area contributed by atoms with Crippen LogP contribution in [0.15, 0.2) is 48.9 Å². The van der Waals surface area contributed by atoms with Gasteiger partial charge >= 0.3 is 0 Å². The summed E-state index contributed by atoms with van der Waals surface area (Å²) in [4.78, 5) is 43.1. The number of pyridine rings is 2. The van der Waals surface area contributed by atoms with E-state index in [4.69, 9.17) is 4.98 Å². The predicted octanol–water partition coefficient (Wildman–Crippen LogP) is 4.25. The maximum absolute atomic E-state index is 12.6. The first-order chi connectivity index (χ1) is 17.3. The molecule has 36 heavy (non-hydrogen) atoms. The van der Waals surface area contributed by atoms with Crippen molar-refractivity contribution in [3.8, 4) is 22.6 Å². The Hall–Kier alpha value is -4.60. The molecular weight excluding hydrogens is 456 g/mol. The van der Waals surface area contributed by atoms with Crippen LogP contribution in [-0.4, -0.2) is 60.9 Å². The number of fused-ring (bicyclic) bond motifs is 2. The third-order valence-corrected chi connectivity index (χ3v) is 5.74. The van der Waals surface area contributed by atoms with E-state index in [1.54, 1.807) is 38.8 Å². The van der Waals surface area contributed by atoms with Gasteiger partial charge in [-0.1, -0.05) is 19.9 Å². The van der Waals surface area contributed by atoms with Gasteiger partial charge in [0.1, 0.15) is 11.2 Å². The number of aromatic amines is 2. The molecule has 0 fully saturated rings. The molecule has 5 rings (SSSR count). The Bertz CT molecular complexity index is 1600. The second-order valence-electron chi connectivity index (χ2n) is 9.29. The van der Waals surface area contributed by atoms with Crippen molar-refractivity contribution >= 4 is 39.6 Å². The van der Waals surface area contributed by atoms with Crippen molar-refractivity contribution in [2.75, 3.05) is 19.4 Å². The Balaban J connectivity index is 1.52. The first kappa shape index (κ1) is 23.2. The largest absolute Gasteiger partial charge is 0.345 e. The standard InChI is InChI=1S/C26H26N8O2/c1-14(2)8-21(35)29-17-9-15(11-27-13-17)16-10-19-23(32-33-24(19)28-12-16)25-30-20-7-5-6-18(22(20)31-25)26(36)34(3)4/h5-7,9-14H,8H2,1-4H3,(H,29,35)(H,30,31)(H,28,32,33). The topological polar surface area (TPSA) is 133 Å². The number of amides is 2. The van der Waals surface area contributed by atoms with Gasteiger partial charge in [0.25, 0.3) is 5.91 Å². The van der Waals surface area contributed by atoms with Crippen molar-refractivity contribution in [2.45, 2.75) is 20.3 Å². The number of rotatable bonds is 6. The van der Waals surface area contributed by atoms with Crippen molar-refractivity contribution < 1.29 is 9.59 Å². The van der Waals surface area contributed by atoms with Gasteiger partial charge in [0.15, 0.2) is 11.5 Å². The molecule has 0 unspecified atom stereocenters. The fourth-order valence-electron chi connectivity index (χ4n) is 4.05. The molecule has 0 aliphatic heterocycles. The van der Waals surface area contributed by atoms with Crippen molar-refractivity contribution in [1.29, 1.82) is 0 Å². The van der Waals surface area contributed by atoms with Crippen molar-refractivity contribution in [3.05, 3.63) is 54.5 Å². The number of nitrogens with one attached hydrogen (secondary N) is 3. The zero-order chi connectivity index (χ0) is 25.4. The molecule has 1 aromatic carbocycles. The van der Waals surface area contributed by atoms with Crippen LogP contribution in [0.3, 0.4) is 0 Å². The van der Waals surface area contributed by atoms with Crippen LogP contribution >= 0.6 is 0 Å². The minimum atomic E-state index is -0.123. The smallest absolute Gasteiger partial charge is 0.255 e. The van der Waals surface area contributed by atoms with E-state index in [0.717, 1.165) is 22.0 Å². The summed E-state index contributed by atoms with van der Waals surface area (Å²) in [5.74, 6) is 0.624. The number of carbonyl (C=O) groups is 2. The number of nitrogens with zero attached hydrogens (tertiary/aromatic N) is 5. The first-order valence-electron chi connectivity index (χ1n) is 11.6. The lowest BCUT2D eigenvalue weighted by Gasteiger charge is -2.09. The van der Waals surface area contributed by atoms with E-state index in [0.29, 0.717) is 40.4 Å². The van der Waals surface area contributed by atoms with Crippen molar-refractivity contribution in [2.24, 2.45) is 5.92 Å². The zero-order valence-corrected chi connectivity index (χ0v) is 20.5. The van der Waals surface area contributed by atoms with Gasteiger partial charge in [0, 0.05) is 44.0 Å². The maximum Gasteiger partial charge on any atom is 0.255 e. The molecule has 0 aliphatic rings. The number of benzene rings is 1. The summed E-state index contributed by atoms with van der Waals surface area (Å²) in [5.41, 5.74) is 5.29. The lowest BCUT2D eigenvalue weighted by Crippen LogP contribution is -2.21. The Morgan fingerprint density at radius 1 is 1.08 bits per heavy atom. The summed E-state index contributed by atoms with van der Waals surface area (Å²) >= 11 is 0. The highest BCUT2D eigenvalue weighted by Gasteiger charge is 2.19. The summed E-state index contributed by atoms with van der Waals surface area (Å²) in [5, 5.41) is 11.1. The van der Waals surface area contributed by atoms with Gasteiger partial charge in [-0.2, -0.15) is 5.10 Å². The van der Waals surface area contributed by atoms with Crippen LogP contribution < -0.4 is 5.32 Å². The number of aromatic nitrogens is 6. The van der Waals surface area contributed by atoms with E-state index in [9.17, 15) is 9.59 Å². The highest BCUT2D eigenvalue weighted by Crippen LogP contribution is 2.30. The van der Waals surface area contributed by atoms with Gasteiger partial charge in [-0.3, -0.25) is 19.7 Å². The van der Waals surface area contributed by atoms with Gasteiger partial charge in [0.05, 0.1) is 28.4 Å². The first-order valence-corrected chi connectivity index (χ1v) is 11.6. The zero-order valence-electron chi connectivity index (χ0n) is 20.5. The van der Waals surface area contributed by atoms with E-state index in [1.807, 2.05) is 38.1 Å². The molecule has 4 heterocycles. The molecule has 10 nitrogen and oxygen atoms in total. The molecule has 0 atom stereocenters. The third kappa shape index (κ3) is 4.40. The minimum Gasteiger partial charge on any atom is -0.345 e. The van der Waals surface area contributed by atoms with Crippen LogP contribution in [0.5, 0.6) is 0 Å². The number of anilines is 1. The van der Waals surface area contributed by atoms with Crippen molar-refractivity contribution in [1.82, 2.24) is 35.0 Å². The lowest BCUT2D eigenvalue weighted by atomic mass is 10.1. The number of imidazole rings is 1. The average molecular weight is 483 g/mol. The Morgan fingerprint density at radius 2 is 1.89 bits per heavy atom. The quantitative estimate of drug-likeness (QED) is 0.331. The summed E-state index contributed by atoms with van der Waals surface area (Å²) in [6.07, 6.45) is 5.52. The molecule has 3 N–H and O–H groups in total. The molecule has 182 valence electrons. The van der Waals surface area contributed by atoms with Crippen LogP contribution in [-0.2, 0) is 4.79 Å². The normalized spacial score (nSPS) is 11.4. The van der Waals surface area contributed by atoms with E-state index >= 15 is 0 Å². The van der Waals surface area contributed by atoms with Crippen LogP contribution in [0.2, 0.25) is 0 Å². The summed E-state index contributed by atoms with van der Waals surface area (Å²) in [6.45, 7) is 4.00.